The van der Waals surface area contributed by atoms with Crippen molar-refractivity contribution in [3.05, 3.63) is 30.1 Å². The molecule has 5 heteroatoms. The quantitative estimate of drug-likeness (QED) is 0.713. The minimum atomic E-state index is -0.436. The van der Waals surface area contributed by atoms with Crippen LogP contribution in [0.5, 0.6) is 0 Å². The minimum absolute atomic E-state index is 0.0994. The van der Waals surface area contributed by atoms with E-state index in [9.17, 15) is 9.90 Å². The highest BCUT2D eigenvalue weighted by Crippen LogP contribution is 2.09. The number of carbonyl (C=O) groups excluding carboxylic acids is 1. The number of hydrogen-bond donors (Lipinski definition) is 2. The number of nitrogens with one attached hydrogen (secondary N) is 1. The van der Waals surface area contributed by atoms with Crippen LogP contribution >= 0.6 is 0 Å². The Hall–Kier alpha value is -1.46. The lowest BCUT2D eigenvalue weighted by Crippen LogP contribution is -2.56. The Kier molecular flexibility index (Phi) is 3.48. The zero-order valence-corrected chi connectivity index (χ0v) is 8.97. The lowest BCUT2D eigenvalue weighted by atomic mass is 10.1. The maximum Gasteiger partial charge on any atom is 0.239 e. The van der Waals surface area contributed by atoms with Gasteiger partial charge in [0.2, 0.25) is 5.91 Å². The molecule has 1 aliphatic rings. The average Bonchev–Trinajstić information content (AvgIpc) is 2.31. The van der Waals surface area contributed by atoms with Crippen molar-refractivity contribution in [3.63, 3.8) is 0 Å². The summed E-state index contributed by atoms with van der Waals surface area (Å²) in [5, 5.41) is 11.9. The molecule has 1 saturated heterocycles. The van der Waals surface area contributed by atoms with E-state index in [1.54, 1.807) is 12.4 Å². The highest BCUT2D eigenvalue weighted by molar-refractivity contribution is 5.82. The van der Waals surface area contributed by atoms with E-state index in [-0.39, 0.29) is 12.5 Å². The number of pyridine rings is 1. The minimum Gasteiger partial charge on any atom is -0.394 e. The topological polar surface area (TPSA) is 65.5 Å². The number of rotatable bonds is 3. The molecule has 0 radical (unpaired) electrons. The van der Waals surface area contributed by atoms with Crippen molar-refractivity contribution >= 4 is 5.91 Å². The number of aliphatic hydroxyl groups excluding tert-OH is 1. The van der Waals surface area contributed by atoms with Crippen LogP contribution < -0.4 is 5.32 Å². The predicted molar refractivity (Wildman–Crippen MR) is 58.5 cm³/mol. The molecule has 1 aromatic heterocycles. The van der Waals surface area contributed by atoms with E-state index in [2.05, 4.69) is 10.3 Å². The monoisotopic (exact) mass is 221 g/mol. The molecule has 0 bridgehead atoms. The van der Waals surface area contributed by atoms with E-state index in [1.165, 1.54) is 0 Å². The maximum absolute atomic E-state index is 11.5. The molecule has 1 atom stereocenters. The van der Waals surface area contributed by atoms with Gasteiger partial charge in [0.05, 0.1) is 6.61 Å². The van der Waals surface area contributed by atoms with Crippen molar-refractivity contribution in [2.45, 2.75) is 12.6 Å². The zero-order chi connectivity index (χ0) is 11.4. The molecule has 2 N–H and O–H groups in total. The molecule has 0 aromatic carbocycles. The van der Waals surface area contributed by atoms with E-state index in [4.69, 9.17) is 0 Å². The fraction of sp³-hybridized carbons (Fsp3) is 0.455. The Morgan fingerprint density at radius 2 is 2.50 bits per heavy atom. The van der Waals surface area contributed by atoms with Crippen LogP contribution in [-0.2, 0) is 11.3 Å². The molecule has 0 saturated carbocycles. The second-order valence-corrected chi connectivity index (χ2v) is 3.82. The molecule has 86 valence electrons. The van der Waals surface area contributed by atoms with Gasteiger partial charge in [0.1, 0.15) is 6.04 Å². The van der Waals surface area contributed by atoms with Crippen LogP contribution in [0.3, 0.4) is 0 Å². The Balaban J connectivity index is 2.05. The molecule has 1 unspecified atom stereocenters. The molecule has 1 fully saturated rings. The summed E-state index contributed by atoms with van der Waals surface area (Å²) < 4.78 is 0. The van der Waals surface area contributed by atoms with Gasteiger partial charge in [0.25, 0.3) is 0 Å². The van der Waals surface area contributed by atoms with E-state index in [0.717, 1.165) is 12.1 Å². The number of carbonyl (C=O) groups is 1. The average molecular weight is 221 g/mol. The first-order chi connectivity index (χ1) is 7.81. The van der Waals surface area contributed by atoms with Gasteiger partial charge in [-0.3, -0.25) is 14.7 Å². The van der Waals surface area contributed by atoms with Crippen LogP contribution in [0.1, 0.15) is 5.56 Å². The van der Waals surface area contributed by atoms with Crippen molar-refractivity contribution in [3.8, 4) is 0 Å². The number of aromatic nitrogens is 1. The zero-order valence-electron chi connectivity index (χ0n) is 8.97. The fourth-order valence-electron chi connectivity index (χ4n) is 1.88. The highest BCUT2D eigenvalue weighted by atomic mass is 16.3. The summed E-state index contributed by atoms with van der Waals surface area (Å²) in [7, 11) is 0. The van der Waals surface area contributed by atoms with Gasteiger partial charge in [-0.2, -0.15) is 0 Å². The highest BCUT2D eigenvalue weighted by Gasteiger charge is 2.28. The molecule has 16 heavy (non-hydrogen) atoms. The Morgan fingerprint density at radius 3 is 3.19 bits per heavy atom. The number of piperazine rings is 1. The molecular formula is C11H15N3O2. The van der Waals surface area contributed by atoms with Crippen LogP contribution in [0.15, 0.2) is 24.5 Å². The first-order valence-electron chi connectivity index (χ1n) is 5.33. The molecule has 2 heterocycles. The van der Waals surface area contributed by atoms with Crippen molar-refractivity contribution in [2.75, 3.05) is 19.7 Å². The number of amides is 1. The van der Waals surface area contributed by atoms with Crippen LogP contribution in [0.25, 0.3) is 0 Å². The second kappa shape index (κ2) is 5.05. The molecular weight excluding hydrogens is 206 g/mol. The van der Waals surface area contributed by atoms with E-state index in [1.807, 2.05) is 17.0 Å². The van der Waals surface area contributed by atoms with Gasteiger partial charge < -0.3 is 10.4 Å². The molecule has 1 amide bonds. The summed E-state index contributed by atoms with van der Waals surface area (Å²) in [6.07, 6.45) is 3.50. The maximum atomic E-state index is 11.5. The predicted octanol–water partition coefficient (Wildman–Crippen LogP) is -0.626. The van der Waals surface area contributed by atoms with Crippen molar-refractivity contribution < 1.29 is 9.90 Å². The van der Waals surface area contributed by atoms with Crippen molar-refractivity contribution in [1.82, 2.24) is 15.2 Å². The second-order valence-electron chi connectivity index (χ2n) is 3.82. The molecule has 1 aromatic rings. The third-order valence-electron chi connectivity index (χ3n) is 2.72. The molecule has 0 spiro atoms. The molecule has 5 nitrogen and oxygen atoms in total. The van der Waals surface area contributed by atoms with E-state index in [0.29, 0.717) is 13.1 Å². The summed E-state index contributed by atoms with van der Waals surface area (Å²) in [4.78, 5) is 17.5. The standard InChI is InChI=1S/C11H15N3O2/c15-8-10-11(16)13-4-5-14(10)7-9-2-1-3-12-6-9/h1-3,6,10,15H,4-5,7-8H2,(H,13,16). The van der Waals surface area contributed by atoms with Gasteiger partial charge in [0.15, 0.2) is 0 Å². The smallest absolute Gasteiger partial charge is 0.239 e. The van der Waals surface area contributed by atoms with Crippen LogP contribution in [0.4, 0.5) is 0 Å². The van der Waals surface area contributed by atoms with Crippen LogP contribution in [-0.4, -0.2) is 46.6 Å². The fourth-order valence-corrected chi connectivity index (χ4v) is 1.88. The lowest BCUT2D eigenvalue weighted by Gasteiger charge is -2.33. The van der Waals surface area contributed by atoms with Gasteiger partial charge in [-0.15, -0.1) is 0 Å². The number of nitrogens with zero attached hydrogens (tertiary/aromatic N) is 2. The summed E-state index contributed by atoms with van der Waals surface area (Å²) in [6.45, 7) is 1.89. The largest absolute Gasteiger partial charge is 0.394 e. The molecule has 1 aliphatic heterocycles. The van der Waals surface area contributed by atoms with Gasteiger partial charge in [0, 0.05) is 32.0 Å². The first-order valence-corrected chi connectivity index (χ1v) is 5.33. The van der Waals surface area contributed by atoms with E-state index >= 15 is 0 Å². The summed E-state index contributed by atoms with van der Waals surface area (Å²) in [6, 6.07) is 3.40. The Labute approximate surface area is 94.1 Å². The van der Waals surface area contributed by atoms with Gasteiger partial charge in [-0.1, -0.05) is 6.07 Å². The normalized spacial score (nSPS) is 21.8. The first kappa shape index (κ1) is 11.0. The van der Waals surface area contributed by atoms with Crippen molar-refractivity contribution in [2.24, 2.45) is 0 Å². The van der Waals surface area contributed by atoms with Gasteiger partial charge >= 0.3 is 0 Å². The number of aliphatic hydroxyl groups is 1. The van der Waals surface area contributed by atoms with Crippen LogP contribution in [0.2, 0.25) is 0 Å². The third-order valence-corrected chi connectivity index (χ3v) is 2.72. The van der Waals surface area contributed by atoms with E-state index < -0.39 is 6.04 Å². The molecule has 0 aliphatic carbocycles. The third kappa shape index (κ3) is 2.37. The summed E-state index contributed by atoms with van der Waals surface area (Å²) in [5.74, 6) is -0.0994. The molecule has 2 rings (SSSR count). The Bertz CT molecular complexity index is 356. The van der Waals surface area contributed by atoms with Gasteiger partial charge in [-0.05, 0) is 11.6 Å². The Morgan fingerprint density at radius 1 is 1.62 bits per heavy atom. The lowest BCUT2D eigenvalue weighted by molar-refractivity contribution is -0.130. The summed E-state index contributed by atoms with van der Waals surface area (Å²) in [5.41, 5.74) is 1.05. The van der Waals surface area contributed by atoms with Gasteiger partial charge in [-0.25, -0.2) is 0 Å². The van der Waals surface area contributed by atoms with Crippen LogP contribution in [0, 0.1) is 0 Å². The van der Waals surface area contributed by atoms with Crippen molar-refractivity contribution in [1.29, 1.82) is 0 Å². The SMILES string of the molecule is O=C1NCCN(Cc2cccnc2)C1CO. The number of hydrogen-bond acceptors (Lipinski definition) is 4. The summed E-state index contributed by atoms with van der Waals surface area (Å²) >= 11 is 0.